The molecule has 1 fully saturated rings. The van der Waals surface area contributed by atoms with Gasteiger partial charge in [0, 0.05) is 24.4 Å². The maximum Gasteiger partial charge on any atom is 0.254 e. The van der Waals surface area contributed by atoms with Gasteiger partial charge in [-0.2, -0.15) is 16.3 Å². The lowest BCUT2D eigenvalue weighted by Gasteiger charge is -2.16. The van der Waals surface area contributed by atoms with Gasteiger partial charge in [0.05, 0.1) is 11.5 Å². The molecule has 0 N–H and O–H groups in total. The standard InChI is InChI=1S/C18H17N3O2S/c1-12-19-17(23-20-12)16-10-21(18(22)14-7-8-24-11-14)9-15(16)13-5-3-2-4-6-13/h2-8,11,15-16H,9-10H2,1H3/t15-,16-/m1/s1. The topological polar surface area (TPSA) is 59.2 Å². The van der Waals surface area contributed by atoms with Crippen molar-refractivity contribution in [1.29, 1.82) is 0 Å². The van der Waals surface area contributed by atoms with E-state index in [9.17, 15) is 4.79 Å². The van der Waals surface area contributed by atoms with Crippen molar-refractivity contribution >= 4 is 17.2 Å². The lowest BCUT2D eigenvalue weighted by molar-refractivity contribution is 0.0788. The molecular weight excluding hydrogens is 322 g/mol. The number of hydrogen-bond acceptors (Lipinski definition) is 5. The molecule has 0 bridgehead atoms. The lowest BCUT2D eigenvalue weighted by Crippen LogP contribution is -2.28. The lowest BCUT2D eigenvalue weighted by atomic mass is 9.89. The minimum Gasteiger partial charge on any atom is -0.339 e. The summed E-state index contributed by atoms with van der Waals surface area (Å²) in [7, 11) is 0. The number of rotatable bonds is 3. The Kier molecular flexibility index (Phi) is 3.90. The number of amides is 1. The van der Waals surface area contributed by atoms with E-state index in [4.69, 9.17) is 4.52 Å². The summed E-state index contributed by atoms with van der Waals surface area (Å²) in [6.45, 7) is 3.06. The molecule has 6 heteroatoms. The molecule has 2 atom stereocenters. The van der Waals surface area contributed by atoms with Gasteiger partial charge < -0.3 is 9.42 Å². The molecule has 4 rings (SSSR count). The van der Waals surface area contributed by atoms with Crippen LogP contribution in [0.15, 0.2) is 51.7 Å². The average Bonchev–Trinajstić information content (AvgIpc) is 3.35. The number of likely N-dealkylation sites (tertiary alicyclic amines) is 1. The zero-order valence-corrected chi connectivity index (χ0v) is 14.1. The Labute approximate surface area is 143 Å². The predicted octanol–water partition coefficient (Wildman–Crippen LogP) is 3.46. The van der Waals surface area contributed by atoms with Crippen LogP contribution in [0.5, 0.6) is 0 Å². The smallest absolute Gasteiger partial charge is 0.254 e. The highest BCUT2D eigenvalue weighted by molar-refractivity contribution is 7.08. The summed E-state index contributed by atoms with van der Waals surface area (Å²) in [6, 6.07) is 12.1. The molecule has 0 radical (unpaired) electrons. The molecule has 3 heterocycles. The van der Waals surface area contributed by atoms with Crippen LogP contribution in [0.3, 0.4) is 0 Å². The van der Waals surface area contributed by atoms with Crippen molar-refractivity contribution in [1.82, 2.24) is 15.0 Å². The minimum atomic E-state index is 0.0242. The largest absolute Gasteiger partial charge is 0.339 e. The molecule has 0 spiro atoms. The van der Waals surface area contributed by atoms with E-state index in [2.05, 4.69) is 22.3 Å². The Morgan fingerprint density at radius 2 is 2.00 bits per heavy atom. The van der Waals surface area contributed by atoms with Crippen molar-refractivity contribution in [3.63, 3.8) is 0 Å². The van der Waals surface area contributed by atoms with Gasteiger partial charge in [0.2, 0.25) is 5.89 Å². The first-order valence-electron chi connectivity index (χ1n) is 7.89. The highest BCUT2D eigenvalue weighted by Crippen LogP contribution is 2.39. The maximum atomic E-state index is 12.7. The van der Waals surface area contributed by atoms with Crippen LogP contribution in [0.2, 0.25) is 0 Å². The van der Waals surface area contributed by atoms with E-state index < -0.39 is 0 Å². The molecule has 0 aliphatic carbocycles. The van der Waals surface area contributed by atoms with Gasteiger partial charge in [0.1, 0.15) is 0 Å². The Balaban J connectivity index is 1.66. The molecule has 24 heavy (non-hydrogen) atoms. The van der Waals surface area contributed by atoms with E-state index in [1.54, 1.807) is 0 Å². The number of aryl methyl sites for hydroxylation is 1. The van der Waals surface area contributed by atoms with Crippen molar-refractivity contribution in [2.45, 2.75) is 18.8 Å². The zero-order valence-electron chi connectivity index (χ0n) is 13.3. The number of carbonyl (C=O) groups excluding carboxylic acids is 1. The van der Waals surface area contributed by atoms with Gasteiger partial charge in [-0.05, 0) is 23.9 Å². The highest BCUT2D eigenvalue weighted by Gasteiger charge is 2.40. The number of hydrogen-bond donors (Lipinski definition) is 0. The summed E-state index contributed by atoms with van der Waals surface area (Å²) in [6.07, 6.45) is 0. The predicted molar refractivity (Wildman–Crippen MR) is 91.2 cm³/mol. The Bertz CT molecular complexity index is 829. The summed E-state index contributed by atoms with van der Waals surface area (Å²) in [5.74, 6) is 1.49. The van der Waals surface area contributed by atoms with E-state index >= 15 is 0 Å². The Morgan fingerprint density at radius 3 is 2.67 bits per heavy atom. The summed E-state index contributed by atoms with van der Waals surface area (Å²) in [5, 5.41) is 7.74. The summed E-state index contributed by atoms with van der Waals surface area (Å²) >= 11 is 1.54. The normalized spacial score (nSPS) is 20.5. The van der Waals surface area contributed by atoms with Crippen LogP contribution < -0.4 is 0 Å². The van der Waals surface area contributed by atoms with Crippen LogP contribution in [-0.4, -0.2) is 34.0 Å². The third-order valence-corrected chi connectivity index (χ3v) is 5.15. The van der Waals surface area contributed by atoms with Gasteiger partial charge in [-0.15, -0.1) is 0 Å². The molecule has 5 nitrogen and oxygen atoms in total. The zero-order chi connectivity index (χ0) is 16.5. The number of thiophene rings is 1. The third kappa shape index (κ3) is 2.73. The van der Waals surface area contributed by atoms with E-state index in [0.29, 0.717) is 24.8 Å². The van der Waals surface area contributed by atoms with E-state index in [1.165, 1.54) is 16.9 Å². The fraction of sp³-hybridized carbons (Fsp3) is 0.278. The molecule has 2 aromatic heterocycles. The highest BCUT2D eigenvalue weighted by atomic mass is 32.1. The maximum absolute atomic E-state index is 12.7. The second-order valence-corrected chi connectivity index (χ2v) is 6.81. The van der Waals surface area contributed by atoms with E-state index in [0.717, 1.165) is 5.56 Å². The van der Waals surface area contributed by atoms with Crippen molar-refractivity contribution in [3.05, 3.63) is 70.0 Å². The molecule has 1 amide bonds. The molecular formula is C18H17N3O2S. The summed E-state index contributed by atoms with van der Waals surface area (Å²) < 4.78 is 5.42. The minimum absolute atomic E-state index is 0.0242. The first-order valence-corrected chi connectivity index (χ1v) is 8.83. The first kappa shape index (κ1) is 15.1. The molecule has 0 unspecified atom stereocenters. The van der Waals surface area contributed by atoms with Crippen LogP contribution in [0.25, 0.3) is 0 Å². The molecule has 1 aliphatic heterocycles. The Morgan fingerprint density at radius 1 is 1.21 bits per heavy atom. The Hall–Kier alpha value is -2.47. The molecule has 1 aromatic carbocycles. The second-order valence-electron chi connectivity index (χ2n) is 6.03. The first-order chi connectivity index (χ1) is 11.7. The fourth-order valence-corrected chi connectivity index (χ4v) is 3.92. The van der Waals surface area contributed by atoms with Gasteiger partial charge in [0.25, 0.3) is 5.91 Å². The number of nitrogens with zero attached hydrogens (tertiary/aromatic N) is 3. The van der Waals surface area contributed by atoms with E-state index in [-0.39, 0.29) is 17.7 Å². The monoisotopic (exact) mass is 339 g/mol. The molecule has 122 valence electrons. The van der Waals surface area contributed by atoms with Crippen LogP contribution in [-0.2, 0) is 0 Å². The molecule has 1 aliphatic rings. The number of carbonyl (C=O) groups is 1. The van der Waals surface area contributed by atoms with Gasteiger partial charge >= 0.3 is 0 Å². The van der Waals surface area contributed by atoms with Crippen molar-refractivity contribution in [3.8, 4) is 0 Å². The molecule has 0 saturated carbocycles. The SMILES string of the molecule is Cc1noc([C@@H]2CN(C(=O)c3ccsc3)C[C@@H]2c2ccccc2)n1. The quantitative estimate of drug-likeness (QED) is 0.733. The number of aromatic nitrogens is 2. The van der Waals surface area contributed by atoms with Crippen molar-refractivity contribution < 1.29 is 9.32 Å². The van der Waals surface area contributed by atoms with Crippen molar-refractivity contribution in [2.75, 3.05) is 13.1 Å². The fourth-order valence-electron chi connectivity index (χ4n) is 3.29. The van der Waals surface area contributed by atoms with Crippen LogP contribution in [0, 0.1) is 6.92 Å². The number of benzene rings is 1. The van der Waals surface area contributed by atoms with Crippen LogP contribution in [0.1, 0.15) is 39.5 Å². The molecule has 3 aromatic rings. The van der Waals surface area contributed by atoms with Gasteiger partial charge in [-0.3, -0.25) is 4.79 Å². The second kappa shape index (κ2) is 6.20. The average molecular weight is 339 g/mol. The van der Waals surface area contributed by atoms with Gasteiger partial charge in [0.15, 0.2) is 5.82 Å². The van der Waals surface area contributed by atoms with Gasteiger partial charge in [-0.1, -0.05) is 35.5 Å². The molecule has 1 saturated heterocycles. The van der Waals surface area contributed by atoms with Gasteiger partial charge in [-0.25, -0.2) is 0 Å². The summed E-state index contributed by atoms with van der Waals surface area (Å²) in [4.78, 5) is 19.0. The van der Waals surface area contributed by atoms with E-state index in [1.807, 2.05) is 46.8 Å². The van der Waals surface area contributed by atoms with Crippen LogP contribution >= 0.6 is 11.3 Å². The van der Waals surface area contributed by atoms with Crippen LogP contribution in [0.4, 0.5) is 0 Å². The van der Waals surface area contributed by atoms with Crippen molar-refractivity contribution in [2.24, 2.45) is 0 Å². The summed E-state index contributed by atoms with van der Waals surface area (Å²) in [5.41, 5.74) is 1.94. The third-order valence-electron chi connectivity index (χ3n) is 4.46.